The van der Waals surface area contributed by atoms with Crippen LogP contribution in [-0.2, 0) is 4.74 Å². The molecule has 2 fully saturated rings. The van der Waals surface area contributed by atoms with Crippen molar-refractivity contribution in [3.05, 3.63) is 0 Å². The fourth-order valence-corrected chi connectivity index (χ4v) is 3.55. The summed E-state index contributed by atoms with van der Waals surface area (Å²) in [6.07, 6.45) is 5.82. The van der Waals surface area contributed by atoms with E-state index in [1.54, 1.807) is 0 Å². The highest BCUT2D eigenvalue weighted by Gasteiger charge is 2.34. The van der Waals surface area contributed by atoms with E-state index < -0.39 is 0 Å². The number of nitrogens with one attached hydrogen (secondary N) is 1. The van der Waals surface area contributed by atoms with E-state index in [0.29, 0.717) is 23.7 Å². The molecule has 1 saturated heterocycles. The molecule has 1 saturated carbocycles. The second kappa shape index (κ2) is 6.55. The fraction of sp³-hybridized carbons (Fsp3) is 1.00. The largest absolute Gasteiger partial charge is 0.375 e. The smallest absolute Gasteiger partial charge is 0.0608 e. The second-order valence-electron chi connectivity index (χ2n) is 9.36. The minimum Gasteiger partial charge on any atom is -0.375 e. The van der Waals surface area contributed by atoms with E-state index in [2.05, 4.69) is 51.8 Å². The molecule has 0 bridgehead atoms. The summed E-state index contributed by atoms with van der Waals surface area (Å²) >= 11 is 0. The molecule has 0 aromatic rings. The van der Waals surface area contributed by atoms with Gasteiger partial charge in [-0.25, -0.2) is 0 Å². The van der Waals surface area contributed by atoms with Crippen LogP contribution in [0.3, 0.4) is 0 Å². The number of likely N-dealkylation sites (tertiary alicyclic amines) is 1. The highest BCUT2D eigenvalue weighted by molar-refractivity contribution is 4.91. The molecular formula is C18H36N2O. The van der Waals surface area contributed by atoms with E-state index in [-0.39, 0.29) is 5.54 Å². The van der Waals surface area contributed by atoms with Crippen molar-refractivity contribution in [2.24, 2.45) is 5.41 Å². The van der Waals surface area contributed by atoms with Crippen LogP contribution in [0.2, 0.25) is 0 Å². The van der Waals surface area contributed by atoms with Crippen molar-refractivity contribution in [2.75, 3.05) is 19.6 Å². The first-order valence-electron chi connectivity index (χ1n) is 8.76. The van der Waals surface area contributed by atoms with Crippen LogP contribution in [0, 0.1) is 5.41 Å². The molecule has 21 heavy (non-hydrogen) atoms. The molecule has 124 valence electrons. The second-order valence-corrected chi connectivity index (χ2v) is 9.36. The van der Waals surface area contributed by atoms with Crippen LogP contribution in [0.15, 0.2) is 0 Å². The Morgan fingerprint density at radius 1 is 0.952 bits per heavy atom. The van der Waals surface area contributed by atoms with E-state index in [1.807, 2.05) is 0 Å². The van der Waals surface area contributed by atoms with Crippen molar-refractivity contribution < 1.29 is 4.74 Å². The van der Waals surface area contributed by atoms with Crippen molar-refractivity contribution in [3.63, 3.8) is 0 Å². The van der Waals surface area contributed by atoms with Crippen LogP contribution >= 0.6 is 0 Å². The highest BCUT2D eigenvalue weighted by Crippen LogP contribution is 2.29. The number of hydrogen-bond donors (Lipinski definition) is 1. The molecule has 2 aliphatic rings. The van der Waals surface area contributed by atoms with Gasteiger partial charge in [0.2, 0.25) is 0 Å². The molecule has 0 spiro atoms. The summed E-state index contributed by atoms with van der Waals surface area (Å²) in [6.45, 7) is 17.3. The molecule has 2 rings (SSSR count). The molecule has 1 aliphatic heterocycles. The van der Waals surface area contributed by atoms with Crippen molar-refractivity contribution in [3.8, 4) is 0 Å². The number of nitrogens with zero attached hydrogens (tertiary/aromatic N) is 1. The van der Waals surface area contributed by atoms with E-state index in [1.165, 1.54) is 45.3 Å². The van der Waals surface area contributed by atoms with Gasteiger partial charge in [-0.3, -0.25) is 0 Å². The molecule has 3 nitrogen and oxygen atoms in total. The van der Waals surface area contributed by atoms with Gasteiger partial charge < -0.3 is 15.0 Å². The summed E-state index contributed by atoms with van der Waals surface area (Å²) in [7, 11) is 0. The average Bonchev–Trinajstić information content (AvgIpc) is 2.25. The lowest BCUT2D eigenvalue weighted by Gasteiger charge is -2.43. The molecule has 0 amide bonds. The van der Waals surface area contributed by atoms with Gasteiger partial charge >= 0.3 is 0 Å². The zero-order valence-electron chi connectivity index (χ0n) is 15.0. The SMILES string of the molecule is CC(C)(C)CN1CCC(OC2CC(NC(C)(C)C)C2)CC1. The Balaban J connectivity index is 1.60. The van der Waals surface area contributed by atoms with Crippen LogP contribution in [0.5, 0.6) is 0 Å². The molecule has 1 N–H and O–H groups in total. The number of piperidine rings is 1. The summed E-state index contributed by atoms with van der Waals surface area (Å²) in [5.74, 6) is 0. The molecule has 0 aromatic carbocycles. The third-order valence-electron chi connectivity index (χ3n) is 4.35. The lowest BCUT2D eigenvalue weighted by atomic mass is 9.87. The topological polar surface area (TPSA) is 24.5 Å². The van der Waals surface area contributed by atoms with Crippen LogP contribution in [-0.4, -0.2) is 48.3 Å². The molecular weight excluding hydrogens is 260 g/mol. The van der Waals surface area contributed by atoms with Crippen molar-refractivity contribution in [1.29, 1.82) is 0 Å². The Bertz CT molecular complexity index is 315. The summed E-state index contributed by atoms with van der Waals surface area (Å²) in [6, 6.07) is 0.663. The van der Waals surface area contributed by atoms with Crippen LogP contribution in [0.4, 0.5) is 0 Å². The standard InChI is InChI=1S/C18H36N2O/c1-17(2,3)13-20-9-7-15(8-10-20)21-16-11-14(12-16)19-18(4,5)6/h14-16,19H,7-13H2,1-6H3. The molecule has 0 atom stereocenters. The molecule has 0 radical (unpaired) electrons. The van der Waals surface area contributed by atoms with E-state index in [9.17, 15) is 0 Å². The van der Waals surface area contributed by atoms with Gasteiger partial charge in [0.15, 0.2) is 0 Å². The highest BCUT2D eigenvalue weighted by atomic mass is 16.5. The van der Waals surface area contributed by atoms with Crippen LogP contribution < -0.4 is 5.32 Å². The lowest BCUT2D eigenvalue weighted by Crippen LogP contribution is -2.53. The van der Waals surface area contributed by atoms with Gasteiger partial charge in [0, 0.05) is 31.2 Å². The lowest BCUT2D eigenvalue weighted by molar-refractivity contribution is -0.0881. The first kappa shape index (κ1) is 17.2. The molecule has 1 aliphatic carbocycles. The Hall–Kier alpha value is -0.120. The van der Waals surface area contributed by atoms with Gasteiger partial charge in [-0.1, -0.05) is 20.8 Å². The average molecular weight is 296 g/mol. The molecule has 0 aromatic heterocycles. The zero-order valence-corrected chi connectivity index (χ0v) is 15.0. The Kier molecular flexibility index (Phi) is 5.38. The van der Waals surface area contributed by atoms with Gasteiger partial charge in [-0.05, 0) is 51.9 Å². The molecule has 0 unspecified atom stereocenters. The number of hydrogen-bond acceptors (Lipinski definition) is 3. The number of ether oxygens (including phenoxy) is 1. The maximum atomic E-state index is 6.28. The summed E-state index contributed by atoms with van der Waals surface area (Å²) in [5, 5.41) is 3.67. The maximum Gasteiger partial charge on any atom is 0.0608 e. The normalized spacial score (nSPS) is 29.4. The van der Waals surface area contributed by atoms with Crippen molar-refractivity contribution >= 4 is 0 Å². The van der Waals surface area contributed by atoms with Gasteiger partial charge in [-0.15, -0.1) is 0 Å². The predicted octanol–water partition coefficient (Wildman–Crippen LogP) is 3.43. The van der Waals surface area contributed by atoms with Crippen molar-refractivity contribution in [2.45, 2.75) is 91.0 Å². The zero-order chi connectivity index (χ0) is 15.7. The Morgan fingerprint density at radius 3 is 2.00 bits per heavy atom. The van der Waals surface area contributed by atoms with Gasteiger partial charge in [0.05, 0.1) is 12.2 Å². The third-order valence-corrected chi connectivity index (χ3v) is 4.35. The first-order chi connectivity index (χ1) is 9.61. The monoisotopic (exact) mass is 296 g/mol. The minimum absolute atomic E-state index is 0.230. The third kappa shape index (κ3) is 6.25. The van der Waals surface area contributed by atoms with Gasteiger partial charge in [0.1, 0.15) is 0 Å². The van der Waals surface area contributed by atoms with E-state index >= 15 is 0 Å². The molecule has 3 heteroatoms. The summed E-state index contributed by atoms with van der Waals surface area (Å²) < 4.78 is 6.28. The Morgan fingerprint density at radius 2 is 1.52 bits per heavy atom. The predicted molar refractivity (Wildman–Crippen MR) is 89.7 cm³/mol. The quantitative estimate of drug-likeness (QED) is 0.860. The van der Waals surface area contributed by atoms with Crippen molar-refractivity contribution in [1.82, 2.24) is 10.2 Å². The minimum atomic E-state index is 0.230. The summed E-state index contributed by atoms with van der Waals surface area (Å²) in [5.41, 5.74) is 0.640. The maximum absolute atomic E-state index is 6.28. The van der Waals surface area contributed by atoms with E-state index in [0.717, 1.165) is 0 Å². The Labute approximate surface area is 131 Å². The van der Waals surface area contributed by atoms with Gasteiger partial charge in [-0.2, -0.15) is 0 Å². The first-order valence-corrected chi connectivity index (χ1v) is 8.76. The van der Waals surface area contributed by atoms with Gasteiger partial charge in [0.25, 0.3) is 0 Å². The molecule has 1 heterocycles. The summed E-state index contributed by atoms with van der Waals surface area (Å²) in [4.78, 5) is 2.60. The van der Waals surface area contributed by atoms with Crippen LogP contribution in [0.25, 0.3) is 0 Å². The van der Waals surface area contributed by atoms with E-state index in [4.69, 9.17) is 4.74 Å². The fourth-order valence-electron chi connectivity index (χ4n) is 3.55. The number of rotatable bonds is 4. The van der Waals surface area contributed by atoms with Crippen LogP contribution in [0.1, 0.15) is 67.2 Å².